The molecule has 0 fully saturated rings. The van der Waals surface area contributed by atoms with E-state index in [1.807, 2.05) is 6.26 Å². The van der Waals surface area contributed by atoms with Crippen molar-refractivity contribution in [3.8, 4) is 0 Å². The first-order valence-corrected chi connectivity index (χ1v) is 8.40. The minimum Gasteiger partial charge on any atom is -0.478 e. The molecule has 0 bridgehead atoms. The van der Waals surface area contributed by atoms with Gasteiger partial charge in [0.15, 0.2) is 9.84 Å². The summed E-state index contributed by atoms with van der Waals surface area (Å²) in [6.07, 6.45) is 1.83. The van der Waals surface area contributed by atoms with E-state index in [1.165, 1.54) is 17.8 Å². The van der Waals surface area contributed by atoms with Crippen LogP contribution in [0, 0.1) is 13.8 Å². The van der Waals surface area contributed by atoms with Gasteiger partial charge >= 0.3 is 5.97 Å². The molecule has 0 radical (unpaired) electrons. The first kappa shape index (κ1) is 15.0. The summed E-state index contributed by atoms with van der Waals surface area (Å²) in [6.45, 7) is 3.35. The minimum absolute atomic E-state index is 0.0249. The van der Waals surface area contributed by atoms with Gasteiger partial charge in [-0.2, -0.15) is 11.8 Å². The monoisotopic (exact) mass is 288 g/mol. The predicted octanol–water partition coefficient (Wildman–Crippen LogP) is 2.14. The zero-order valence-electron chi connectivity index (χ0n) is 10.6. The van der Waals surface area contributed by atoms with Gasteiger partial charge in [0.1, 0.15) is 0 Å². The lowest BCUT2D eigenvalue weighted by Crippen LogP contribution is -2.12. The third kappa shape index (κ3) is 3.26. The van der Waals surface area contributed by atoms with Crippen LogP contribution in [0.3, 0.4) is 0 Å². The van der Waals surface area contributed by atoms with Crippen LogP contribution >= 0.6 is 11.8 Å². The maximum absolute atomic E-state index is 12.1. The fourth-order valence-electron chi connectivity index (χ4n) is 1.70. The number of thioether (sulfide) groups is 1. The van der Waals surface area contributed by atoms with Crippen molar-refractivity contribution in [3.05, 3.63) is 28.8 Å². The summed E-state index contributed by atoms with van der Waals surface area (Å²) >= 11 is 1.45. The Morgan fingerprint density at radius 3 is 2.39 bits per heavy atom. The first-order valence-electron chi connectivity index (χ1n) is 5.36. The minimum atomic E-state index is -3.41. The molecule has 0 aromatic heterocycles. The molecule has 0 aliphatic rings. The van der Waals surface area contributed by atoms with Gasteiger partial charge in [0.05, 0.1) is 16.2 Å². The molecule has 1 rings (SSSR count). The number of hydrogen-bond acceptors (Lipinski definition) is 4. The van der Waals surface area contributed by atoms with Crippen molar-refractivity contribution < 1.29 is 18.3 Å². The second-order valence-electron chi connectivity index (χ2n) is 4.05. The van der Waals surface area contributed by atoms with Gasteiger partial charge in [-0.05, 0) is 37.3 Å². The molecular formula is C12H16O4S2. The highest BCUT2D eigenvalue weighted by molar-refractivity contribution is 8.00. The summed E-state index contributed by atoms with van der Waals surface area (Å²) in [4.78, 5) is 11.2. The van der Waals surface area contributed by atoms with Crippen LogP contribution in [0.25, 0.3) is 0 Å². The lowest BCUT2D eigenvalue weighted by atomic mass is 10.1. The summed E-state index contributed by atoms with van der Waals surface area (Å²) < 4.78 is 24.2. The molecule has 0 spiro atoms. The molecule has 0 amide bonds. The zero-order chi connectivity index (χ0) is 13.9. The number of carboxylic acid groups (broad SMARTS) is 1. The number of hydrogen-bond donors (Lipinski definition) is 1. The third-order valence-corrected chi connectivity index (χ3v) is 5.37. The maximum Gasteiger partial charge on any atom is 0.335 e. The SMILES string of the molecule is CSCCS(=O)(=O)c1cc(C(=O)O)c(C)cc1C. The topological polar surface area (TPSA) is 71.4 Å². The molecule has 1 aromatic carbocycles. The molecule has 4 nitrogen and oxygen atoms in total. The van der Waals surface area contributed by atoms with E-state index in [0.717, 1.165) is 0 Å². The van der Waals surface area contributed by atoms with E-state index in [9.17, 15) is 13.2 Å². The largest absolute Gasteiger partial charge is 0.478 e. The molecule has 0 aliphatic carbocycles. The summed E-state index contributed by atoms with van der Waals surface area (Å²) in [5.74, 6) is -0.580. The quantitative estimate of drug-likeness (QED) is 0.898. The van der Waals surface area contributed by atoms with Crippen LogP contribution in [0.5, 0.6) is 0 Å². The first-order chi connectivity index (χ1) is 8.29. The lowest BCUT2D eigenvalue weighted by Gasteiger charge is -2.10. The van der Waals surface area contributed by atoms with Gasteiger partial charge in [-0.3, -0.25) is 0 Å². The van der Waals surface area contributed by atoms with Gasteiger partial charge in [0.25, 0.3) is 0 Å². The van der Waals surface area contributed by atoms with Crippen molar-refractivity contribution in [3.63, 3.8) is 0 Å². The number of rotatable bonds is 5. The maximum atomic E-state index is 12.1. The number of carboxylic acids is 1. The van der Waals surface area contributed by atoms with Crippen molar-refractivity contribution in [2.45, 2.75) is 18.7 Å². The summed E-state index contributed by atoms with van der Waals surface area (Å²) in [7, 11) is -3.41. The molecule has 0 saturated carbocycles. The molecule has 0 heterocycles. The smallest absolute Gasteiger partial charge is 0.335 e. The van der Waals surface area contributed by atoms with Gasteiger partial charge in [0, 0.05) is 5.75 Å². The van der Waals surface area contributed by atoms with Gasteiger partial charge < -0.3 is 5.11 Å². The summed E-state index contributed by atoms with van der Waals surface area (Å²) in [5.41, 5.74) is 1.21. The Morgan fingerprint density at radius 2 is 1.89 bits per heavy atom. The molecule has 6 heteroatoms. The van der Waals surface area contributed by atoms with E-state index in [4.69, 9.17) is 5.11 Å². The normalized spacial score (nSPS) is 11.5. The highest BCUT2D eigenvalue weighted by Gasteiger charge is 2.20. The van der Waals surface area contributed by atoms with Gasteiger partial charge in [0.2, 0.25) is 0 Å². The van der Waals surface area contributed by atoms with Crippen LogP contribution in [-0.2, 0) is 9.84 Å². The Labute approximate surface area is 111 Å². The van der Waals surface area contributed by atoms with Crippen LogP contribution in [0.1, 0.15) is 21.5 Å². The van der Waals surface area contributed by atoms with E-state index in [2.05, 4.69) is 0 Å². The second-order valence-corrected chi connectivity index (χ2v) is 7.11. The molecular weight excluding hydrogens is 272 g/mol. The van der Waals surface area contributed by atoms with Crippen LogP contribution in [0.4, 0.5) is 0 Å². The molecule has 0 saturated heterocycles. The van der Waals surface area contributed by atoms with Crippen LogP contribution in [0.2, 0.25) is 0 Å². The number of aryl methyl sites for hydroxylation is 2. The van der Waals surface area contributed by atoms with Gasteiger partial charge in [-0.1, -0.05) is 6.07 Å². The zero-order valence-corrected chi connectivity index (χ0v) is 12.2. The molecule has 0 unspecified atom stereocenters. The van der Waals surface area contributed by atoms with Crippen molar-refractivity contribution in [1.82, 2.24) is 0 Å². The molecule has 1 aromatic rings. The fraction of sp³-hybridized carbons (Fsp3) is 0.417. The number of sulfone groups is 1. The van der Waals surface area contributed by atoms with Crippen molar-refractivity contribution >= 4 is 27.6 Å². The average molecular weight is 288 g/mol. The fourth-order valence-corrected chi connectivity index (χ4v) is 4.31. The second kappa shape index (κ2) is 5.75. The number of benzene rings is 1. The average Bonchev–Trinajstić information content (AvgIpc) is 2.25. The Balaban J connectivity index is 3.33. The summed E-state index contributed by atoms with van der Waals surface area (Å²) in [6, 6.07) is 2.87. The van der Waals surface area contributed by atoms with Crippen molar-refractivity contribution in [2.24, 2.45) is 0 Å². The van der Waals surface area contributed by atoms with Gasteiger partial charge in [-0.15, -0.1) is 0 Å². The Morgan fingerprint density at radius 1 is 1.28 bits per heavy atom. The lowest BCUT2D eigenvalue weighted by molar-refractivity contribution is 0.0696. The predicted molar refractivity (Wildman–Crippen MR) is 73.3 cm³/mol. The van der Waals surface area contributed by atoms with Crippen molar-refractivity contribution in [2.75, 3.05) is 17.8 Å². The Bertz CT molecular complexity index is 562. The molecule has 0 atom stereocenters. The van der Waals surface area contributed by atoms with E-state index >= 15 is 0 Å². The third-order valence-electron chi connectivity index (χ3n) is 2.64. The Hall–Kier alpha value is -1.01. The highest BCUT2D eigenvalue weighted by atomic mass is 32.2. The molecule has 1 N–H and O–H groups in total. The standard InChI is InChI=1S/C12H16O4S2/c1-8-6-9(2)11(7-10(8)12(13)14)18(15,16)5-4-17-3/h6-7H,4-5H2,1-3H3,(H,13,14). The number of aromatic carboxylic acids is 1. The molecule has 100 valence electrons. The number of carbonyl (C=O) groups is 1. The van der Waals surface area contributed by atoms with Crippen molar-refractivity contribution in [1.29, 1.82) is 0 Å². The molecule has 0 aliphatic heterocycles. The van der Waals surface area contributed by atoms with Gasteiger partial charge in [-0.25, -0.2) is 13.2 Å². The van der Waals surface area contributed by atoms with E-state index < -0.39 is 15.8 Å². The molecule has 18 heavy (non-hydrogen) atoms. The summed E-state index contributed by atoms with van der Waals surface area (Å²) in [5, 5.41) is 9.02. The van der Waals surface area contributed by atoms with E-state index in [0.29, 0.717) is 16.9 Å². The van der Waals surface area contributed by atoms with E-state index in [-0.39, 0.29) is 16.2 Å². The van der Waals surface area contributed by atoms with Crippen LogP contribution < -0.4 is 0 Å². The highest BCUT2D eigenvalue weighted by Crippen LogP contribution is 2.22. The van der Waals surface area contributed by atoms with E-state index in [1.54, 1.807) is 19.9 Å². The Kier molecular flexibility index (Phi) is 4.81. The van der Waals surface area contributed by atoms with Crippen LogP contribution in [0.15, 0.2) is 17.0 Å². The van der Waals surface area contributed by atoms with Crippen LogP contribution in [-0.4, -0.2) is 37.3 Å².